The Morgan fingerprint density at radius 1 is 1.02 bits per heavy atom. The molecule has 3 heterocycles. The maximum absolute atomic E-state index is 13.2. The molecular formula is C26H33N5O7S2. The number of piperidine rings is 1. The molecule has 2 aliphatic heterocycles. The molecule has 4 amide bonds. The van der Waals surface area contributed by atoms with E-state index in [0.29, 0.717) is 42.4 Å². The van der Waals surface area contributed by atoms with Gasteiger partial charge in [-0.25, -0.2) is 13.2 Å². The van der Waals surface area contributed by atoms with Crippen molar-refractivity contribution in [3.05, 3.63) is 45.8 Å². The van der Waals surface area contributed by atoms with Crippen LogP contribution < -0.4 is 16.2 Å². The predicted octanol–water partition coefficient (Wildman–Crippen LogP) is 2.72. The number of nitrogens with one attached hydrogen (secondary N) is 3. The number of benzene rings is 1. The van der Waals surface area contributed by atoms with E-state index < -0.39 is 33.8 Å². The number of amides is 4. The van der Waals surface area contributed by atoms with Crippen LogP contribution in [-0.2, 0) is 32.5 Å². The molecule has 12 nitrogen and oxygen atoms in total. The quantitative estimate of drug-likeness (QED) is 0.437. The number of hydrogen-bond donors (Lipinski definition) is 3. The predicted molar refractivity (Wildman–Crippen MR) is 148 cm³/mol. The van der Waals surface area contributed by atoms with Crippen molar-refractivity contribution in [2.45, 2.75) is 51.5 Å². The monoisotopic (exact) mass is 591 g/mol. The zero-order chi connectivity index (χ0) is 29.0. The maximum atomic E-state index is 13.2. The van der Waals surface area contributed by atoms with E-state index in [1.807, 2.05) is 0 Å². The molecule has 0 radical (unpaired) electrons. The number of carbonyl (C=O) groups excluding carboxylic acids is 4. The summed E-state index contributed by atoms with van der Waals surface area (Å²) < 4.78 is 32.6. The van der Waals surface area contributed by atoms with E-state index in [0.717, 1.165) is 24.2 Å². The normalized spacial score (nSPS) is 16.1. The molecule has 0 atom stereocenters. The highest BCUT2D eigenvalue weighted by atomic mass is 32.2. The van der Waals surface area contributed by atoms with Crippen LogP contribution in [0.4, 0.5) is 9.80 Å². The Balaban J connectivity index is 1.55. The van der Waals surface area contributed by atoms with Crippen LogP contribution in [-0.4, -0.2) is 67.7 Å². The molecule has 216 valence electrons. The van der Waals surface area contributed by atoms with Crippen molar-refractivity contribution in [2.75, 3.05) is 31.6 Å². The molecule has 4 rings (SSSR count). The fraction of sp³-hybridized carbons (Fsp3) is 0.462. The highest BCUT2D eigenvalue weighted by Gasteiger charge is 2.32. The van der Waals surface area contributed by atoms with Gasteiger partial charge in [0.2, 0.25) is 15.9 Å². The largest absolute Gasteiger partial charge is 0.450 e. The van der Waals surface area contributed by atoms with Gasteiger partial charge in [-0.05, 0) is 61.9 Å². The van der Waals surface area contributed by atoms with E-state index >= 15 is 0 Å². The Morgan fingerprint density at radius 2 is 1.70 bits per heavy atom. The second-order valence-electron chi connectivity index (χ2n) is 9.78. The van der Waals surface area contributed by atoms with Gasteiger partial charge < -0.3 is 15.0 Å². The molecule has 1 aromatic carbocycles. The zero-order valence-electron chi connectivity index (χ0n) is 22.6. The SMILES string of the molecule is CCOC(=O)N1CCc2c(sc(NC(=O)c3ccc(S(=O)(=O)N4CCC(C)CC4)cc3)c2C(=O)NNC(C)=O)C1. The van der Waals surface area contributed by atoms with Crippen LogP contribution in [0.15, 0.2) is 29.2 Å². The minimum absolute atomic E-state index is 0.111. The standard InChI is InChI=1S/C26H33N5O7S2/c1-4-38-26(35)30-12-11-20-21(15-30)39-25(22(20)24(34)29-28-17(3)32)27-23(33)18-5-7-19(8-6-18)40(36,37)31-13-9-16(2)10-14-31/h5-8,16H,4,9-15H2,1-3H3,(H,27,33)(H,28,32)(H,29,34). The Labute approximate surface area is 237 Å². The van der Waals surface area contributed by atoms with E-state index in [2.05, 4.69) is 23.1 Å². The maximum Gasteiger partial charge on any atom is 0.410 e. The van der Waals surface area contributed by atoms with Crippen molar-refractivity contribution in [3.63, 3.8) is 0 Å². The molecule has 0 aliphatic carbocycles. The van der Waals surface area contributed by atoms with Gasteiger partial charge in [-0.3, -0.25) is 25.2 Å². The minimum atomic E-state index is -3.66. The first kappa shape index (κ1) is 29.5. The van der Waals surface area contributed by atoms with E-state index in [4.69, 9.17) is 4.74 Å². The van der Waals surface area contributed by atoms with E-state index in [9.17, 15) is 27.6 Å². The summed E-state index contributed by atoms with van der Waals surface area (Å²) in [6.07, 6.45) is 1.50. The van der Waals surface area contributed by atoms with Gasteiger partial charge in [0.05, 0.1) is 23.6 Å². The summed E-state index contributed by atoms with van der Waals surface area (Å²) in [5.41, 5.74) is 5.67. The number of nitrogens with zero attached hydrogens (tertiary/aromatic N) is 2. The minimum Gasteiger partial charge on any atom is -0.450 e. The molecule has 40 heavy (non-hydrogen) atoms. The fourth-order valence-electron chi connectivity index (χ4n) is 4.64. The number of hydrogen-bond acceptors (Lipinski definition) is 8. The molecule has 14 heteroatoms. The number of hydrazine groups is 1. The highest BCUT2D eigenvalue weighted by molar-refractivity contribution is 7.89. The van der Waals surface area contributed by atoms with Crippen LogP contribution in [0, 0.1) is 5.92 Å². The third-order valence-corrected chi connectivity index (χ3v) is 9.93. The number of carbonyl (C=O) groups is 4. The third kappa shape index (κ3) is 6.45. The molecule has 1 saturated heterocycles. The fourth-order valence-corrected chi connectivity index (χ4v) is 7.36. The number of anilines is 1. The lowest BCUT2D eigenvalue weighted by molar-refractivity contribution is -0.119. The van der Waals surface area contributed by atoms with Gasteiger partial charge in [0.25, 0.3) is 11.8 Å². The average Bonchev–Trinajstić information content (AvgIpc) is 3.29. The Hall–Kier alpha value is -3.49. The summed E-state index contributed by atoms with van der Waals surface area (Å²) in [6, 6.07) is 5.68. The smallest absolute Gasteiger partial charge is 0.410 e. The van der Waals surface area contributed by atoms with Gasteiger partial charge in [0, 0.05) is 37.0 Å². The highest BCUT2D eigenvalue weighted by Crippen LogP contribution is 2.37. The number of rotatable bonds is 6. The average molecular weight is 592 g/mol. The van der Waals surface area contributed by atoms with E-state index in [1.54, 1.807) is 6.92 Å². The molecule has 2 aliphatic rings. The number of thiophene rings is 1. The van der Waals surface area contributed by atoms with Gasteiger partial charge in [0.15, 0.2) is 0 Å². The van der Waals surface area contributed by atoms with Crippen LogP contribution in [0.25, 0.3) is 0 Å². The van der Waals surface area contributed by atoms with Crippen molar-refractivity contribution in [3.8, 4) is 0 Å². The molecule has 0 saturated carbocycles. The van der Waals surface area contributed by atoms with Crippen LogP contribution in [0.2, 0.25) is 0 Å². The number of fused-ring (bicyclic) bond motifs is 1. The molecule has 1 aromatic heterocycles. The Kier molecular flexibility index (Phi) is 9.11. The van der Waals surface area contributed by atoms with Crippen molar-refractivity contribution in [2.24, 2.45) is 5.92 Å². The third-order valence-electron chi connectivity index (χ3n) is 6.89. The van der Waals surface area contributed by atoms with E-state index in [1.165, 1.54) is 40.4 Å². The molecule has 0 bridgehead atoms. The van der Waals surface area contributed by atoms with Crippen molar-refractivity contribution < 1.29 is 32.3 Å². The van der Waals surface area contributed by atoms with Crippen molar-refractivity contribution >= 4 is 50.2 Å². The van der Waals surface area contributed by atoms with Crippen LogP contribution >= 0.6 is 11.3 Å². The first-order valence-electron chi connectivity index (χ1n) is 13.1. The van der Waals surface area contributed by atoms with Gasteiger partial charge in [0.1, 0.15) is 5.00 Å². The molecule has 1 fully saturated rings. The lowest BCUT2D eigenvalue weighted by Gasteiger charge is -2.29. The lowest BCUT2D eigenvalue weighted by Crippen LogP contribution is -2.41. The molecule has 0 spiro atoms. The second kappa shape index (κ2) is 12.4. The van der Waals surface area contributed by atoms with Gasteiger partial charge in [-0.2, -0.15) is 4.31 Å². The molecule has 3 N–H and O–H groups in total. The summed E-state index contributed by atoms with van der Waals surface area (Å²) in [5, 5.41) is 3.01. The van der Waals surface area contributed by atoms with Crippen molar-refractivity contribution in [1.29, 1.82) is 0 Å². The Morgan fingerprint density at radius 3 is 2.33 bits per heavy atom. The summed E-state index contributed by atoms with van der Waals surface area (Å²) in [6.45, 7) is 6.75. The van der Waals surface area contributed by atoms with Crippen LogP contribution in [0.1, 0.15) is 64.8 Å². The van der Waals surface area contributed by atoms with Gasteiger partial charge in [-0.15, -0.1) is 11.3 Å². The number of sulfonamides is 1. The molecule has 0 unspecified atom stereocenters. The molecular weight excluding hydrogens is 558 g/mol. The van der Waals surface area contributed by atoms with Gasteiger partial charge in [-0.1, -0.05) is 6.92 Å². The summed E-state index contributed by atoms with van der Waals surface area (Å²) >= 11 is 1.16. The van der Waals surface area contributed by atoms with Gasteiger partial charge >= 0.3 is 6.09 Å². The number of ether oxygens (including phenoxy) is 1. The Bertz CT molecular complexity index is 1400. The molecule has 2 aromatic rings. The first-order chi connectivity index (χ1) is 19.0. The van der Waals surface area contributed by atoms with Crippen LogP contribution in [0.5, 0.6) is 0 Å². The lowest BCUT2D eigenvalue weighted by atomic mass is 10.0. The van der Waals surface area contributed by atoms with Crippen molar-refractivity contribution in [1.82, 2.24) is 20.1 Å². The summed E-state index contributed by atoms with van der Waals surface area (Å²) in [7, 11) is -3.66. The van der Waals surface area contributed by atoms with E-state index in [-0.39, 0.29) is 34.2 Å². The van der Waals surface area contributed by atoms with Crippen LogP contribution in [0.3, 0.4) is 0 Å². The topological polar surface area (TPSA) is 154 Å². The summed E-state index contributed by atoms with van der Waals surface area (Å²) in [5.74, 6) is -1.13. The second-order valence-corrected chi connectivity index (χ2v) is 12.8. The summed E-state index contributed by atoms with van der Waals surface area (Å²) in [4.78, 5) is 52.1. The first-order valence-corrected chi connectivity index (χ1v) is 15.3. The zero-order valence-corrected chi connectivity index (χ0v) is 24.2.